The number of halogens is 1. The molecule has 0 radical (unpaired) electrons. The van der Waals surface area contributed by atoms with Crippen LogP contribution in [-0.2, 0) is 6.54 Å². The SMILES string of the molecule is NC1CCN(C(=O)c2ccc(N3CCOc4ccc(F)cc4C3)nn2)C1. The fourth-order valence-corrected chi connectivity index (χ4v) is 3.30. The number of benzene rings is 1. The van der Waals surface area contributed by atoms with Gasteiger partial charge in [0.15, 0.2) is 11.5 Å². The summed E-state index contributed by atoms with van der Waals surface area (Å²) >= 11 is 0. The van der Waals surface area contributed by atoms with Gasteiger partial charge >= 0.3 is 0 Å². The number of nitrogens with two attached hydrogens (primary N) is 1. The van der Waals surface area contributed by atoms with E-state index in [1.54, 1.807) is 23.1 Å². The Morgan fingerprint density at radius 1 is 1.23 bits per heavy atom. The summed E-state index contributed by atoms with van der Waals surface area (Å²) in [5.41, 5.74) is 6.92. The summed E-state index contributed by atoms with van der Waals surface area (Å²) < 4.78 is 19.2. The van der Waals surface area contributed by atoms with Crippen molar-refractivity contribution in [3.05, 3.63) is 47.4 Å². The highest BCUT2D eigenvalue weighted by atomic mass is 19.1. The first-order valence-electron chi connectivity index (χ1n) is 8.65. The first kappa shape index (κ1) is 16.7. The number of anilines is 1. The van der Waals surface area contributed by atoms with Crippen LogP contribution in [0.2, 0.25) is 0 Å². The first-order chi connectivity index (χ1) is 12.6. The number of carbonyl (C=O) groups is 1. The van der Waals surface area contributed by atoms with Gasteiger partial charge in [0.25, 0.3) is 5.91 Å². The molecule has 136 valence electrons. The molecule has 8 heteroatoms. The standard InChI is InChI=1S/C18H20FN5O2/c19-13-1-3-16-12(9-13)10-23(7-8-26-16)17-4-2-15(21-22-17)18(25)24-6-5-14(20)11-24/h1-4,9,14H,5-8,10-11,20H2. The highest BCUT2D eigenvalue weighted by molar-refractivity contribution is 5.92. The molecule has 2 aliphatic rings. The summed E-state index contributed by atoms with van der Waals surface area (Å²) in [5.74, 6) is 0.855. The fraction of sp³-hybridized carbons (Fsp3) is 0.389. The van der Waals surface area contributed by atoms with Crippen LogP contribution >= 0.6 is 0 Å². The lowest BCUT2D eigenvalue weighted by atomic mass is 10.2. The summed E-state index contributed by atoms with van der Waals surface area (Å²) in [5, 5.41) is 8.29. The molecule has 2 aromatic rings. The van der Waals surface area contributed by atoms with E-state index in [0.29, 0.717) is 50.0 Å². The van der Waals surface area contributed by atoms with E-state index in [1.165, 1.54) is 12.1 Å². The van der Waals surface area contributed by atoms with Crippen LogP contribution in [0.3, 0.4) is 0 Å². The predicted molar refractivity (Wildman–Crippen MR) is 93.5 cm³/mol. The normalized spacial score (nSPS) is 19.7. The van der Waals surface area contributed by atoms with Crippen molar-refractivity contribution in [3.8, 4) is 5.75 Å². The zero-order chi connectivity index (χ0) is 18.1. The second-order valence-corrected chi connectivity index (χ2v) is 6.60. The van der Waals surface area contributed by atoms with Gasteiger partial charge < -0.3 is 20.3 Å². The molecule has 0 aliphatic carbocycles. The summed E-state index contributed by atoms with van der Waals surface area (Å²) in [6, 6.07) is 7.97. The smallest absolute Gasteiger partial charge is 0.274 e. The van der Waals surface area contributed by atoms with Crippen molar-refractivity contribution in [2.24, 2.45) is 5.73 Å². The monoisotopic (exact) mass is 357 g/mol. The van der Waals surface area contributed by atoms with E-state index < -0.39 is 0 Å². The molecular formula is C18H20FN5O2. The van der Waals surface area contributed by atoms with Crippen molar-refractivity contribution in [2.45, 2.75) is 19.0 Å². The maximum atomic E-state index is 13.5. The van der Waals surface area contributed by atoms with Crippen molar-refractivity contribution in [2.75, 3.05) is 31.1 Å². The van der Waals surface area contributed by atoms with E-state index in [9.17, 15) is 9.18 Å². The van der Waals surface area contributed by atoms with Crippen molar-refractivity contribution >= 4 is 11.7 Å². The zero-order valence-electron chi connectivity index (χ0n) is 14.3. The number of carbonyl (C=O) groups excluding carboxylic acids is 1. The fourth-order valence-electron chi connectivity index (χ4n) is 3.30. The Hall–Kier alpha value is -2.74. The van der Waals surface area contributed by atoms with Crippen LogP contribution in [0, 0.1) is 5.82 Å². The number of rotatable bonds is 2. The van der Waals surface area contributed by atoms with E-state index in [1.807, 2.05) is 4.90 Å². The molecule has 3 heterocycles. The van der Waals surface area contributed by atoms with E-state index in [2.05, 4.69) is 10.2 Å². The van der Waals surface area contributed by atoms with Gasteiger partial charge in [-0.15, -0.1) is 10.2 Å². The molecule has 1 fully saturated rings. The topological polar surface area (TPSA) is 84.6 Å². The van der Waals surface area contributed by atoms with Gasteiger partial charge in [-0.05, 0) is 36.8 Å². The van der Waals surface area contributed by atoms with Crippen molar-refractivity contribution in [1.82, 2.24) is 15.1 Å². The number of aromatic nitrogens is 2. The molecule has 1 saturated heterocycles. The van der Waals surface area contributed by atoms with Gasteiger partial charge in [-0.25, -0.2) is 4.39 Å². The Morgan fingerprint density at radius 2 is 2.12 bits per heavy atom. The Labute approximate surface area is 150 Å². The average molecular weight is 357 g/mol. The molecule has 2 N–H and O–H groups in total. The lowest BCUT2D eigenvalue weighted by Gasteiger charge is -2.20. The molecule has 0 spiro atoms. The molecule has 1 atom stereocenters. The second kappa shape index (κ2) is 6.87. The highest BCUT2D eigenvalue weighted by Crippen LogP contribution is 2.26. The van der Waals surface area contributed by atoms with Crippen LogP contribution in [0.1, 0.15) is 22.5 Å². The van der Waals surface area contributed by atoms with Gasteiger partial charge in [-0.2, -0.15) is 0 Å². The minimum Gasteiger partial charge on any atom is -0.491 e. The molecule has 4 rings (SSSR count). The Kier molecular flexibility index (Phi) is 4.42. The zero-order valence-corrected chi connectivity index (χ0v) is 14.3. The maximum absolute atomic E-state index is 13.5. The van der Waals surface area contributed by atoms with Gasteiger partial charge in [0, 0.05) is 31.2 Å². The Bertz CT molecular complexity index is 814. The number of likely N-dealkylation sites (tertiary alicyclic amines) is 1. The lowest BCUT2D eigenvalue weighted by molar-refractivity contribution is 0.0784. The third kappa shape index (κ3) is 3.32. The van der Waals surface area contributed by atoms with Gasteiger partial charge in [0.1, 0.15) is 18.2 Å². The van der Waals surface area contributed by atoms with Gasteiger partial charge in [-0.3, -0.25) is 4.79 Å². The molecular weight excluding hydrogens is 337 g/mol. The third-order valence-corrected chi connectivity index (χ3v) is 4.71. The molecule has 0 saturated carbocycles. The molecule has 1 aromatic heterocycles. The van der Waals surface area contributed by atoms with Crippen molar-refractivity contribution in [1.29, 1.82) is 0 Å². The van der Waals surface area contributed by atoms with Crippen molar-refractivity contribution in [3.63, 3.8) is 0 Å². The predicted octanol–water partition coefficient (Wildman–Crippen LogP) is 1.19. The van der Waals surface area contributed by atoms with Gasteiger partial charge in [-0.1, -0.05) is 0 Å². The number of amides is 1. The second-order valence-electron chi connectivity index (χ2n) is 6.60. The number of hydrogen-bond donors (Lipinski definition) is 1. The van der Waals surface area contributed by atoms with E-state index >= 15 is 0 Å². The number of ether oxygens (including phenoxy) is 1. The summed E-state index contributed by atoms with van der Waals surface area (Å²) in [4.78, 5) is 16.1. The molecule has 1 unspecified atom stereocenters. The van der Waals surface area contributed by atoms with E-state index in [4.69, 9.17) is 10.5 Å². The van der Waals surface area contributed by atoms with Gasteiger partial charge in [0.2, 0.25) is 0 Å². The van der Waals surface area contributed by atoms with Gasteiger partial charge in [0.05, 0.1) is 6.54 Å². The summed E-state index contributed by atoms with van der Waals surface area (Å²) in [7, 11) is 0. The Balaban J connectivity index is 1.50. The minimum absolute atomic E-state index is 0.0312. The van der Waals surface area contributed by atoms with Crippen molar-refractivity contribution < 1.29 is 13.9 Å². The first-order valence-corrected chi connectivity index (χ1v) is 8.65. The van der Waals surface area contributed by atoms with Crippen LogP contribution in [0.15, 0.2) is 30.3 Å². The Morgan fingerprint density at radius 3 is 2.85 bits per heavy atom. The molecule has 2 aliphatic heterocycles. The number of hydrogen-bond acceptors (Lipinski definition) is 6. The maximum Gasteiger partial charge on any atom is 0.274 e. The molecule has 1 aromatic carbocycles. The quantitative estimate of drug-likeness (QED) is 0.869. The van der Waals surface area contributed by atoms with Crippen LogP contribution < -0.4 is 15.4 Å². The summed E-state index contributed by atoms with van der Waals surface area (Å²) in [6.07, 6.45) is 0.807. The minimum atomic E-state index is -0.301. The largest absolute Gasteiger partial charge is 0.491 e. The van der Waals surface area contributed by atoms with E-state index in [-0.39, 0.29) is 17.8 Å². The number of fused-ring (bicyclic) bond motifs is 1. The lowest BCUT2D eigenvalue weighted by Crippen LogP contribution is -2.33. The molecule has 1 amide bonds. The third-order valence-electron chi connectivity index (χ3n) is 4.71. The summed E-state index contributed by atoms with van der Waals surface area (Å²) in [6.45, 7) is 2.73. The van der Waals surface area contributed by atoms with Crippen LogP contribution in [0.5, 0.6) is 5.75 Å². The molecule has 7 nitrogen and oxygen atoms in total. The average Bonchev–Trinajstić information content (AvgIpc) is 2.97. The van der Waals surface area contributed by atoms with Crippen LogP contribution in [0.25, 0.3) is 0 Å². The van der Waals surface area contributed by atoms with E-state index in [0.717, 1.165) is 12.0 Å². The van der Waals surface area contributed by atoms with Crippen LogP contribution in [0.4, 0.5) is 10.2 Å². The highest BCUT2D eigenvalue weighted by Gasteiger charge is 2.26. The number of nitrogens with zero attached hydrogens (tertiary/aromatic N) is 4. The molecule has 0 bridgehead atoms. The molecule has 26 heavy (non-hydrogen) atoms. The van der Waals surface area contributed by atoms with Crippen LogP contribution in [-0.4, -0.2) is 53.3 Å².